The van der Waals surface area contributed by atoms with Crippen molar-refractivity contribution in [2.45, 2.75) is 32.6 Å². The Morgan fingerprint density at radius 2 is 1.81 bits per heavy atom. The van der Waals surface area contributed by atoms with E-state index in [0.717, 1.165) is 30.5 Å². The van der Waals surface area contributed by atoms with Crippen molar-refractivity contribution in [3.8, 4) is 0 Å². The topological polar surface area (TPSA) is 84.5 Å². The van der Waals surface area contributed by atoms with Crippen LogP contribution in [-0.4, -0.2) is 24.4 Å². The number of hydrogen-bond donors (Lipinski definition) is 2. The van der Waals surface area contributed by atoms with Gasteiger partial charge in [0, 0.05) is 23.4 Å². The van der Waals surface area contributed by atoms with Crippen LogP contribution >= 0.6 is 0 Å². The fourth-order valence-corrected chi connectivity index (χ4v) is 2.89. The molecule has 1 aliphatic rings. The molecule has 0 saturated heterocycles. The Labute approximate surface area is 157 Å². The number of nitrogens with one attached hydrogen (secondary N) is 2. The third kappa shape index (κ3) is 4.73. The summed E-state index contributed by atoms with van der Waals surface area (Å²) < 4.78 is 5.08. The van der Waals surface area contributed by atoms with Gasteiger partial charge in [-0.3, -0.25) is 9.59 Å². The quantitative estimate of drug-likeness (QED) is 0.789. The van der Waals surface area contributed by atoms with E-state index in [1.807, 2.05) is 13.0 Å². The highest BCUT2D eigenvalue weighted by Gasteiger charge is 2.15. The standard InChI is InChI=1S/C21H22N2O4/c1-2-12-27-21(26)14-6-9-17(10-7-14)22-20(25)16-8-11-18-15(13-16)4-3-5-19(24)23-18/h6-11,13H,2-5,12H2,1H3,(H,22,25)(H,23,24). The third-order valence-electron chi connectivity index (χ3n) is 4.31. The number of hydrogen-bond acceptors (Lipinski definition) is 4. The number of fused-ring (bicyclic) bond motifs is 1. The molecule has 0 aliphatic carbocycles. The molecular weight excluding hydrogens is 344 g/mol. The summed E-state index contributed by atoms with van der Waals surface area (Å²) in [4.78, 5) is 35.9. The number of carbonyl (C=O) groups excluding carboxylic acids is 3. The van der Waals surface area contributed by atoms with E-state index in [1.165, 1.54) is 0 Å². The molecule has 1 heterocycles. The Morgan fingerprint density at radius 1 is 1.07 bits per heavy atom. The first-order valence-corrected chi connectivity index (χ1v) is 9.08. The molecule has 0 fully saturated rings. The zero-order valence-corrected chi connectivity index (χ0v) is 15.2. The number of anilines is 2. The minimum atomic E-state index is -0.373. The first kappa shape index (κ1) is 18.6. The maximum Gasteiger partial charge on any atom is 0.338 e. The number of amides is 2. The van der Waals surface area contributed by atoms with Crippen LogP contribution < -0.4 is 10.6 Å². The molecule has 0 atom stereocenters. The molecule has 0 saturated carbocycles. The predicted molar refractivity (Wildman–Crippen MR) is 103 cm³/mol. The Bertz CT molecular complexity index is 859. The molecule has 1 aliphatic heterocycles. The normalized spacial score (nSPS) is 13.1. The van der Waals surface area contributed by atoms with Gasteiger partial charge in [0.2, 0.25) is 5.91 Å². The minimum Gasteiger partial charge on any atom is -0.462 e. The molecule has 0 unspecified atom stereocenters. The molecule has 2 aromatic rings. The lowest BCUT2D eigenvalue weighted by molar-refractivity contribution is -0.116. The number of carbonyl (C=O) groups is 3. The average Bonchev–Trinajstić information content (AvgIpc) is 2.86. The molecule has 6 heteroatoms. The predicted octanol–water partition coefficient (Wildman–Crippen LogP) is 3.78. The second kappa shape index (κ2) is 8.49. The van der Waals surface area contributed by atoms with Gasteiger partial charge < -0.3 is 15.4 Å². The van der Waals surface area contributed by atoms with Crippen molar-refractivity contribution in [1.82, 2.24) is 0 Å². The van der Waals surface area contributed by atoms with Gasteiger partial charge in [0.05, 0.1) is 12.2 Å². The fraction of sp³-hybridized carbons (Fsp3) is 0.286. The van der Waals surface area contributed by atoms with Crippen molar-refractivity contribution < 1.29 is 19.1 Å². The van der Waals surface area contributed by atoms with E-state index in [1.54, 1.807) is 36.4 Å². The fourth-order valence-electron chi connectivity index (χ4n) is 2.89. The second-order valence-corrected chi connectivity index (χ2v) is 6.44. The Kier molecular flexibility index (Phi) is 5.86. The van der Waals surface area contributed by atoms with Crippen LogP contribution in [0.5, 0.6) is 0 Å². The van der Waals surface area contributed by atoms with Crippen molar-refractivity contribution in [2.24, 2.45) is 0 Å². The lowest BCUT2D eigenvalue weighted by Crippen LogP contribution is -2.13. The number of benzene rings is 2. The van der Waals surface area contributed by atoms with Crippen molar-refractivity contribution in [1.29, 1.82) is 0 Å². The summed E-state index contributed by atoms with van der Waals surface area (Å²) in [6.45, 7) is 2.32. The highest BCUT2D eigenvalue weighted by molar-refractivity contribution is 6.05. The summed E-state index contributed by atoms with van der Waals surface area (Å²) in [6.07, 6.45) is 2.77. The summed E-state index contributed by atoms with van der Waals surface area (Å²) in [5.41, 5.74) is 3.29. The SMILES string of the molecule is CCCOC(=O)c1ccc(NC(=O)c2ccc3c(c2)CCCC(=O)N3)cc1. The van der Waals surface area contributed by atoms with Crippen LogP contribution in [0.1, 0.15) is 52.5 Å². The van der Waals surface area contributed by atoms with Crippen LogP contribution in [0, 0.1) is 0 Å². The van der Waals surface area contributed by atoms with Gasteiger partial charge in [0.1, 0.15) is 0 Å². The van der Waals surface area contributed by atoms with E-state index >= 15 is 0 Å². The van der Waals surface area contributed by atoms with Crippen molar-refractivity contribution in [3.05, 3.63) is 59.2 Å². The van der Waals surface area contributed by atoms with Crippen LogP contribution in [-0.2, 0) is 16.0 Å². The lowest BCUT2D eigenvalue weighted by Gasteiger charge is -2.10. The van der Waals surface area contributed by atoms with Crippen molar-refractivity contribution in [2.75, 3.05) is 17.2 Å². The van der Waals surface area contributed by atoms with Crippen LogP contribution in [0.15, 0.2) is 42.5 Å². The van der Waals surface area contributed by atoms with Crippen molar-refractivity contribution in [3.63, 3.8) is 0 Å². The second-order valence-electron chi connectivity index (χ2n) is 6.44. The number of rotatable bonds is 5. The van der Waals surface area contributed by atoms with Gasteiger partial charge in [-0.1, -0.05) is 6.92 Å². The molecule has 27 heavy (non-hydrogen) atoms. The van der Waals surface area contributed by atoms with Gasteiger partial charge in [-0.05, 0) is 67.3 Å². The van der Waals surface area contributed by atoms with Crippen LogP contribution in [0.4, 0.5) is 11.4 Å². The Balaban J connectivity index is 1.68. The van der Waals surface area contributed by atoms with Crippen LogP contribution in [0.25, 0.3) is 0 Å². The molecule has 140 valence electrons. The number of esters is 1. The van der Waals surface area contributed by atoms with E-state index in [2.05, 4.69) is 10.6 Å². The molecule has 2 aromatic carbocycles. The van der Waals surface area contributed by atoms with Crippen LogP contribution in [0.3, 0.4) is 0 Å². The lowest BCUT2D eigenvalue weighted by atomic mass is 10.0. The van der Waals surface area contributed by atoms with Gasteiger partial charge in [-0.2, -0.15) is 0 Å². The molecule has 2 amide bonds. The summed E-state index contributed by atoms with van der Waals surface area (Å²) in [5, 5.41) is 5.68. The largest absolute Gasteiger partial charge is 0.462 e. The molecular formula is C21H22N2O4. The summed E-state index contributed by atoms with van der Waals surface area (Å²) in [6, 6.07) is 11.9. The molecule has 6 nitrogen and oxygen atoms in total. The summed E-state index contributed by atoms with van der Waals surface area (Å²) in [7, 11) is 0. The van der Waals surface area contributed by atoms with E-state index in [0.29, 0.717) is 29.8 Å². The van der Waals surface area contributed by atoms with E-state index < -0.39 is 0 Å². The Hall–Kier alpha value is -3.15. The summed E-state index contributed by atoms with van der Waals surface area (Å²) >= 11 is 0. The molecule has 0 spiro atoms. The van der Waals surface area contributed by atoms with Crippen molar-refractivity contribution >= 4 is 29.2 Å². The van der Waals surface area contributed by atoms with Gasteiger partial charge in [0.15, 0.2) is 0 Å². The monoisotopic (exact) mass is 366 g/mol. The number of aryl methyl sites for hydroxylation is 1. The molecule has 0 aromatic heterocycles. The smallest absolute Gasteiger partial charge is 0.338 e. The molecule has 0 radical (unpaired) electrons. The molecule has 0 bridgehead atoms. The zero-order chi connectivity index (χ0) is 19.2. The maximum absolute atomic E-state index is 12.5. The number of ether oxygens (including phenoxy) is 1. The minimum absolute atomic E-state index is 0.00325. The molecule has 2 N–H and O–H groups in total. The van der Waals surface area contributed by atoms with Gasteiger partial charge in [0.25, 0.3) is 5.91 Å². The summed E-state index contributed by atoms with van der Waals surface area (Å²) in [5.74, 6) is -0.610. The molecule has 3 rings (SSSR count). The third-order valence-corrected chi connectivity index (χ3v) is 4.31. The zero-order valence-electron chi connectivity index (χ0n) is 15.2. The van der Waals surface area contributed by atoms with Gasteiger partial charge in [-0.15, -0.1) is 0 Å². The average molecular weight is 366 g/mol. The van der Waals surface area contributed by atoms with Gasteiger partial charge in [-0.25, -0.2) is 4.79 Å². The van der Waals surface area contributed by atoms with E-state index in [-0.39, 0.29) is 17.8 Å². The highest BCUT2D eigenvalue weighted by Crippen LogP contribution is 2.24. The first-order valence-electron chi connectivity index (χ1n) is 9.08. The Morgan fingerprint density at radius 3 is 2.56 bits per heavy atom. The van der Waals surface area contributed by atoms with Crippen LogP contribution in [0.2, 0.25) is 0 Å². The van der Waals surface area contributed by atoms with Gasteiger partial charge >= 0.3 is 5.97 Å². The maximum atomic E-state index is 12.5. The van der Waals surface area contributed by atoms with E-state index in [4.69, 9.17) is 4.74 Å². The van der Waals surface area contributed by atoms with E-state index in [9.17, 15) is 14.4 Å². The highest BCUT2D eigenvalue weighted by atomic mass is 16.5. The first-order chi connectivity index (χ1) is 13.1.